The highest BCUT2D eigenvalue weighted by molar-refractivity contribution is 5.84. The third-order valence-corrected chi connectivity index (χ3v) is 3.61. The molecule has 0 fully saturated rings. The predicted octanol–water partition coefficient (Wildman–Crippen LogP) is 1.86. The van der Waals surface area contributed by atoms with Gasteiger partial charge >= 0.3 is 5.69 Å². The highest BCUT2D eigenvalue weighted by Gasteiger charge is 2.09. The zero-order chi connectivity index (χ0) is 17.2. The van der Waals surface area contributed by atoms with Gasteiger partial charge in [0.05, 0.1) is 19.1 Å². The first-order valence-electron chi connectivity index (χ1n) is 7.40. The maximum absolute atomic E-state index is 11.6. The number of nitrogens with zero attached hydrogens (tertiary/aromatic N) is 4. The van der Waals surface area contributed by atoms with Crippen LogP contribution in [-0.4, -0.2) is 37.0 Å². The second-order valence-corrected chi connectivity index (χ2v) is 5.16. The van der Waals surface area contributed by atoms with Crippen LogP contribution in [0.4, 0.5) is 11.6 Å². The molecule has 0 atom stereocenters. The predicted molar refractivity (Wildman–Crippen MR) is 91.8 cm³/mol. The molecule has 0 aliphatic heterocycles. The van der Waals surface area contributed by atoms with Crippen molar-refractivity contribution >= 4 is 22.8 Å². The zero-order valence-corrected chi connectivity index (χ0v) is 13.1. The van der Waals surface area contributed by atoms with Crippen molar-refractivity contribution in [2.75, 3.05) is 12.4 Å². The van der Waals surface area contributed by atoms with E-state index in [1.165, 1.54) is 12.7 Å². The average Bonchev–Trinajstić information content (AvgIpc) is 3.10. The first-order valence-corrected chi connectivity index (χ1v) is 7.40. The summed E-state index contributed by atoms with van der Waals surface area (Å²) in [6, 6.07) is 9.32. The molecule has 9 heteroatoms. The number of rotatable bonds is 4. The van der Waals surface area contributed by atoms with Crippen LogP contribution in [0, 0.1) is 0 Å². The smallest absolute Gasteiger partial charge is 0.348 e. The normalized spacial score (nSPS) is 10.8. The van der Waals surface area contributed by atoms with E-state index in [1.54, 1.807) is 13.2 Å². The summed E-state index contributed by atoms with van der Waals surface area (Å²) in [5, 5.41) is 3.06. The van der Waals surface area contributed by atoms with Crippen LogP contribution in [0.1, 0.15) is 0 Å². The van der Waals surface area contributed by atoms with Crippen molar-refractivity contribution in [2.45, 2.75) is 0 Å². The Balaban J connectivity index is 1.69. The first-order chi connectivity index (χ1) is 12.2. The molecule has 0 saturated carbocycles. The maximum atomic E-state index is 11.6. The molecule has 1 aromatic carbocycles. The number of benzene rings is 1. The topological polar surface area (TPSA) is 121 Å². The second-order valence-electron chi connectivity index (χ2n) is 5.16. The Morgan fingerprint density at radius 3 is 2.76 bits per heavy atom. The lowest BCUT2D eigenvalue weighted by atomic mass is 10.1. The van der Waals surface area contributed by atoms with Gasteiger partial charge in [-0.2, -0.15) is 4.98 Å². The number of fused-ring (bicyclic) bond motifs is 1. The Morgan fingerprint density at radius 2 is 1.96 bits per heavy atom. The summed E-state index contributed by atoms with van der Waals surface area (Å²) in [5.74, 6) is 1.73. The number of aromatic amines is 2. The number of nitrogens with one attached hydrogen (secondary N) is 3. The van der Waals surface area contributed by atoms with Crippen molar-refractivity contribution in [1.29, 1.82) is 0 Å². The average molecular weight is 335 g/mol. The molecular weight excluding hydrogens is 322 g/mol. The molecule has 0 radical (unpaired) electrons. The minimum Gasteiger partial charge on any atom is -0.497 e. The number of ether oxygens (including phenoxy) is 1. The number of methoxy groups -OCH3 is 1. The molecule has 3 N–H and O–H groups in total. The Bertz CT molecular complexity index is 1090. The van der Waals surface area contributed by atoms with Gasteiger partial charge in [-0.3, -0.25) is 4.98 Å². The van der Waals surface area contributed by atoms with E-state index >= 15 is 0 Å². The maximum Gasteiger partial charge on any atom is 0.348 e. The molecule has 0 spiro atoms. The van der Waals surface area contributed by atoms with Crippen LogP contribution in [0.25, 0.3) is 22.4 Å². The Hall–Kier alpha value is -3.75. The first kappa shape index (κ1) is 14.8. The highest BCUT2D eigenvalue weighted by atomic mass is 16.5. The van der Waals surface area contributed by atoms with Crippen LogP contribution in [-0.2, 0) is 0 Å². The molecular formula is C16H13N7O2. The molecule has 3 aromatic heterocycles. The van der Waals surface area contributed by atoms with Crippen molar-refractivity contribution in [1.82, 2.24) is 29.9 Å². The quantitative estimate of drug-likeness (QED) is 0.520. The third kappa shape index (κ3) is 2.90. The van der Waals surface area contributed by atoms with Crippen molar-refractivity contribution in [3.63, 3.8) is 0 Å². The number of H-pyrrole nitrogens is 2. The molecule has 124 valence electrons. The molecule has 0 aliphatic carbocycles. The summed E-state index contributed by atoms with van der Waals surface area (Å²) in [6.45, 7) is 0. The monoisotopic (exact) mass is 335 g/mol. The SMILES string of the molecule is COc1ccc(-c2cc(Nc3[nH]c(=O)nc4nc[nH]c34)ncn2)cc1. The molecule has 0 aliphatic rings. The second kappa shape index (κ2) is 6.04. The van der Waals surface area contributed by atoms with Crippen molar-refractivity contribution in [3.05, 3.63) is 53.5 Å². The third-order valence-electron chi connectivity index (χ3n) is 3.61. The Kier molecular flexibility index (Phi) is 3.58. The van der Waals surface area contributed by atoms with Gasteiger partial charge in [0.25, 0.3) is 0 Å². The number of anilines is 2. The van der Waals surface area contributed by atoms with Crippen molar-refractivity contribution < 1.29 is 4.74 Å². The molecule has 9 nitrogen and oxygen atoms in total. The van der Waals surface area contributed by atoms with E-state index in [9.17, 15) is 4.79 Å². The van der Waals surface area contributed by atoms with Crippen LogP contribution in [0.15, 0.2) is 47.8 Å². The van der Waals surface area contributed by atoms with Gasteiger partial charge in [-0.05, 0) is 24.3 Å². The van der Waals surface area contributed by atoms with Gasteiger partial charge in [-0.1, -0.05) is 0 Å². The van der Waals surface area contributed by atoms with Gasteiger partial charge in [0.15, 0.2) is 5.65 Å². The van der Waals surface area contributed by atoms with Gasteiger partial charge in [0.1, 0.15) is 29.2 Å². The molecule has 4 rings (SSSR count). The molecule has 25 heavy (non-hydrogen) atoms. The fraction of sp³-hybridized carbons (Fsp3) is 0.0625. The summed E-state index contributed by atoms with van der Waals surface area (Å²) in [6.07, 6.45) is 2.92. The van der Waals surface area contributed by atoms with Gasteiger partial charge in [0.2, 0.25) is 0 Å². The van der Waals surface area contributed by atoms with E-state index in [-0.39, 0.29) is 0 Å². The van der Waals surface area contributed by atoms with E-state index in [4.69, 9.17) is 4.74 Å². The number of hydrogen-bond donors (Lipinski definition) is 3. The van der Waals surface area contributed by atoms with E-state index in [0.717, 1.165) is 17.0 Å². The van der Waals surface area contributed by atoms with E-state index < -0.39 is 5.69 Å². The van der Waals surface area contributed by atoms with Crippen LogP contribution in [0.5, 0.6) is 5.75 Å². The van der Waals surface area contributed by atoms with Gasteiger partial charge in [0, 0.05) is 11.6 Å². The standard InChI is InChI=1S/C16H13N7O2/c1-25-10-4-2-9(3-5-10)11-6-12(18-7-17-11)21-15-13-14(20-8-19-13)22-16(24)23-15/h2-8H,1H3,(H3,17,18,19,20,21,22,23,24). The van der Waals surface area contributed by atoms with Crippen LogP contribution >= 0.6 is 0 Å². The summed E-state index contributed by atoms with van der Waals surface area (Å²) in [5.41, 5.74) is 2.07. The zero-order valence-electron chi connectivity index (χ0n) is 13.1. The molecule has 0 saturated heterocycles. The Labute approximate surface area is 141 Å². The Morgan fingerprint density at radius 1 is 1.12 bits per heavy atom. The van der Waals surface area contributed by atoms with E-state index in [0.29, 0.717) is 22.8 Å². The molecule has 0 amide bonds. The molecule has 0 bridgehead atoms. The van der Waals surface area contributed by atoms with Crippen LogP contribution in [0.2, 0.25) is 0 Å². The van der Waals surface area contributed by atoms with Crippen molar-refractivity contribution in [3.8, 4) is 17.0 Å². The van der Waals surface area contributed by atoms with E-state index in [1.807, 2.05) is 24.3 Å². The molecule has 3 heterocycles. The lowest BCUT2D eigenvalue weighted by Gasteiger charge is -2.08. The minimum atomic E-state index is -0.494. The van der Waals surface area contributed by atoms with Crippen LogP contribution in [0.3, 0.4) is 0 Å². The fourth-order valence-electron chi connectivity index (χ4n) is 2.42. The van der Waals surface area contributed by atoms with Crippen LogP contribution < -0.4 is 15.7 Å². The van der Waals surface area contributed by atoms with E-state index in [2.05, 4.69) is 35.2 Å². The summed E-state index contributed by atoms with van der Waals surface area (Å²) in [4.78, 5) is 33.4. The number of hydrogen-bond acceptors (Lipinski definition) is 7. The van der Waals surface area contributed by atoms with Crippen molar-refractivity contribution in [2.24, 2.45) is 0 Å². The highest BCUT2D eigenvalue weighted by Crippen LogP contribution is 2.23. The lowest BCUT2D eigenvalue weighted by Crippen LogP contribution is -2.13. The summed E-state index contributed by atoms with van der Waals surface area (Å²) < 4.78 is 5.16. The fourth-order valence-corrected chi connectivity index (χ4v) is 2.42. The number of imidazole rings is 1. The summed E-state index contributed by atoms with van der Waals surface area (Å²) in [7, 11) is 1.62. The largest absolute Gasteiger partial charge is 0.497 e. The molecule has 0 unspecified atom stereocenters. The minimum absolute atomic E-state index is 0.329. The summed E-state index contributed by atoms with van der Waals surface area (Å²) >= 11 is 0. The van der Waals surface area contributed by atoms with Gasteiger partial charge in [-0.25, -0.2) is 19.7 Å². The van der Waals surface area contributed by atoms with Gasteiger partial charge < -0.3 is 15.0 Å². The molecule has 4 aromatic rings. The van der Waals surface area contributed by atoms with Gasteiger partial charge in [-0.15, -0.1) is 0 Å². The number of aromatic nitrogens is 6. The lowest BCUT2D eigenvalue weighted by molar-refractivity contribution is 0.415.